The molecule has 0 atom stereocenters. The van der Waals surface area contributed by atoms with Crippen molar-refractivity contribution in [1.82, 2.24) is 14.8 Å². The van der Waals surface area contributed by atoms with Crippen LogP contribution in [0.15, 0.2) is 150 Å². The van der Waals surface area contributed by atoms with E-state index in [1.54, 1.807) is 0 Å². The third-order valence-electron chi connectivity index (χ3n) is 8.56. The Morgan fingerprint density at radius 2 is 1.16 bits per heavy atom. The van der Waals surface area contributed by atoms with E-state index in [0.717, 1.165) is 32.8 Å². The summed E-state index contributed by atoms with van der Waals surface area (Å²) in [6, 6.07) is 50.5. The van der Waals surface area contributed by atoms with E-state index < -0.39 is 0 Å². The highest BCUT2D eigenvalue weighted by Gasteiger charge is 2.15. The number of hydrogen-bond acceptors (Lipinski definition) is 3. The highest BCUT2D eigenvalue weighted by molar-refractivity contribution is 6.10. The lowest BCUT2D eigenvalue weighted by Crippen LogP contribution is -2.24. The van der Waals surface area contributed by atoms with Crippen LogP contribution in [0.5, 0.6) is 0 Å². The summed E-state index contributed by atoms with van der Waals surface area (Å²) < 4.78 is 8.46. The number of benzene rings is 6. The van der Waals surface area contributed by atoms with Crippen molar-refractivity contribution in [2.75, 3.05) is 0 Å². The predicted octanol–water partition coefficient (Wildman–Crippen LogP) is 8.80. The second kappa shape index (κ2) is 10.9. The van der Waals surface area contributed by atoms with Crippen molar-refractivity contribution in [2.24, 2.45) is 0 Å². The molecule has 0 aliphatic heterocycles. The summed E-state index contributed by atoms with van der Waals surface area (Å²) in [4.78, 5) is 0. The fraction of sp³-hybridized carbons (Fsp3) is 0.0244. The summed E-state index contributed by atoms with van der Waals surface area (Å²) in [5.74, 6) is 0.983. The maximum absolute atomic E-state index is 6.14. The second-order valence-electron chi connectivity index (χ2n) is 11.3. The maximum Gasteiger partial charge on any atom is 0.248 e. The van der Waals surface area contributed by atoms with Crippen molar-refractivity contribution in [2.45, 2.75) is 6.92 Å². The second-order valence-corrected chi connectivity index (χ2v) is 11.3. The molecule has 0 radical (unpaired) electrons. The molecule has 0 amide bonds. The first kappa shape index (κ1) is 26.6. The molecule has 214 valence electrons. The highest BCUT2D eigenvalue weighted by atomic mass is 16.4. The van der Waals surface area contributed by atoms with Crippen molar-refractivity contribution < 1.29 is 4.42 Å². The van der Waals surface area contributed by atoms with E-state index in [1.165, 1.54) is 38.5 Å². The Hall–Kier alpha value is -6.00. The number of nitrogens with zero attached hydrogens (tertiary/aromatic N) is 3. The van der Waals surface area contributed by atoms with Gasteiger partial charge < -0.3 is 8.98 Å². The number of fused-ring (bicyclic) bond motifs is 3. The first-order chi connectivity index (χ1) is 22.1. The van der Waals surface area contributed by atoms with Crippen LogP contribution in [0.4, 0.5) is 0 Å². The normalized spacial score (nSPS) is 12.1. The number of hydrogen-bond donors (Lipinski definition) is 0. The summed E-state index contributed by atoms with van der Waals surface area (Å²) in [5, 5.41) is 13.3. The molecule has 0 N–H and O–H groups in total. The lowest BCUT2D eigenvalue weighted by atomic mass is 10.0. The molecule has 8 aromatic rings. The molecule has 8 rings (SSSR count). The highest BCUT2D eigenvalue weighted by Crippen LogP contribution is 2.35. The Morgan fingerprint density at radius 3 is 1.89 bits per heavy atom. The Morgan fingerprint density at radius 1 is 0.556 bits per heavy atom. The van der Waals surface area contributed by atoms with E-state index >= 15 is 0 Å². The van der Waals surface area contributed by atoms with Gasteiger partial charge in [-0.1, -0.05) is 97.6 Å². The monoisotopic (exact) mass is 579 g/mol. The fourth-order valence-electron chi connectivity index (χ4n) is 6.18. The van der Waals surface area contributed by atoms with Gasteiger partial charge in [0.2, 0.25) is 11.8 Å². The van der Waals surface area contributed by atoms with Crippen LogP contribution in [0, 0.1) is 0 Å². The van der Waals surface area contributed by atoms with Gasteiger partial charge in [0.05, 0.1) is 11.0 Å². The Kier molecular flexibility index (Phi) is 6.46. The van der Waals surface area contributed by atoms with Crippen LogP contribution in [-0.4, -0.2) is 14.8 Å². The van der Waals surface area contributed by atoms with Crippen molar-refractivity contribution in [3.8, 4) is 39.7 Å². The van der Waals surface area contributed by atoms with Gasteiger partial charge in [0, 0.05) is 27.6 Å². The number of para-hydroxylation sites is 1. The average molecular weight is 580 g/mol. The molecule has 45 heavy (non-hydrogen) atoms. The van der Waals surface area contributed by atoms with Crippen molar-refractivity contribution >= 4 is 34.0 Å². The summed E-state index contributed by atoms with van der Waals surface area (Å²) in [6.45, 7) is 6.29. The summed E-state index contributed by atoms with van der Waals surface area (Å²) in [7, 11) is 0. The van der Waals surface area contributed by atoms with Gasteiger partial charge in [0.15, 0.2) is 0 Å². The van der Waals surface area contributed by atoms with Crippen LogP contribution < -0.4 is 10.4 Å². The molecule has 2 aromatic heterocycles. The van der Waals surface area contributed by atoms with E-state index in [0.29, 0.717) is 11.8 Å². The molecule has 2 heterocycles. The average Bonchev–Trinajstić information content (AvgIpc) is 3.72. The van der Waals surface area contributed by atoms with Gasteiger partial charge in [-0.3, -0.25) is 0 Å². The lowest BCUT2D eigenvalue weighted by molar-refractivity contribution is 0.584. The topological polar surface area (TPSA) is 43.9 Å². The Labute approximate surface area is 260 Å². The predicted molar refractivity (Wildman–Crippen MR) is 184 cm³/mol. The molecule has 0 spiro atoms. The van der Waals surface area contributed by atoms with Gasteiger partial charge in [0.1, 0.15) is 0 Å². The lowest BCUT2D eigenvalue weighted by Gasteiger charge is -2.09. The first-order valence-electron chi connectivity index (χ1n) is 15.0. The molecule has 0 saturated carbocycles. The van der Waals surface area contributed by atoms with E-state index in [2.05, 4.69) is 131 Å². The number of rotatable bonds is 5. The molecule has 6 aromatic carbocycles. The van der Waals surface area contributed by atoms with Crippen LogP contribution in [0.2, 0.25) is 0 Å². The van der Waals surface area contributed by atoms with E-state index in [9.17, 15) is 0 Å². The summed E-state index contributed by atoms with van der Waals surface area (Å²) >= 11 is 0. The molecular weight excluding hydrogens is 550 g/mol. The van der Waals surface area contributed by atoms with E-state index in [4.69, 9.17) is 4.42 Å². The minimum absolute atomic E-state index is 0.490. The Bertz CT molecular complexity index is 2430. The third kappa shape index (κ3) is 4.73. The van der Waals surface area contributed by atoms with Gasteiger partial charge in [-0.05, 0) is 94.2 Å². The van der Waals surface area contributed by atoms with Gasteiger partial charge in [-0.25, -0.2) is 0 Å². The van der Waals surface area contributed by atoms with Crippen LogP contribution in [0.25, 0.3) is 73.7 Å². The molecule has 4 nitrogen and oxygen atoms in total. The van der Waals surface area contributed by atoms with E-state index in [-0.39, 0.29) is 0 Å². The minimum atomic E-state index is 0.490. The molecule has 0 saturated heterocycles. The van der Waals surface area contributed by atoms with Crippen molar-refractivity contribution in [1.29, 1.82) is 0 Å². The molecule has 0 aliphatic rings. The van der Waals surface area contributed by atoms with Crippen LogP contribution in [0.3, 0.4) is 0 Å². The van der Waals surface area contributed by atoms with Crippen molar-refractivity contribution in [3.05, 3.63) is 162 Å². The summed E-state index contributed by atoms with van der Waals surface area (Å²) in [5.41, 5.74) is 9.89. The zero-order valence-corrected chi connectivity index (χ0v) is 24.8. The van der Waals surface area contributed by atoms with Gasteiger partial charge >= 0.3 is 0 Å². The number of aromatic nitrogens is 3. The molecule has 0 unspecified atom stereocenters. The Balaban J connectivity index is 1.11. The molecule has 4 heteroatoms. The van der Waals surface area contributed by atoms with Gasteiger partial charge in [0.25, 0.3) is 0 Å². The zero-order chi connectivity index (χ0) is 30.3. The third-order valence-corrected chi connectivity index (χ3v) is 8.56. The first-order valence-corrected chi connectivity index (χ1v) is 15.0. The van der Waals surface area contributed by atoms with Gasteiger partial charge in [-0.15, -0.1) is 10.2 Å². The smallest absolute Gasteiger partial charge is 0.248 e. The largest absolute Gasteiger partial charge is 0.416 e. The fourth-order valence-corrected chi connectivity index (χ4v) is 6.18. The summed E-state index contributed by atoms with van der Waals surface area (Å²) in [6.07, 6.45) is 0. The minimum Gasteiger partial charge on any atom is -0.416 e. The van der Waals surface area contributed by atoms with Gasteiger partial charge in [-0.2, -0.15) is 0 Å². The maximum atomic E-state index is 6.14. The van der Waals surface area contributed by atoms with Crippen LogP contribution in [0.1, 0.15) is 12.5 Å². The molecule has 0 aliphatic carbocycles. The molecule has 0 bridgehead atoms. The van der Waals surface area contributed by atoms with Crippen LogP contribution >= 0.6 is 0 Å². The quantitative estimate of drug-likeness (QED) is 0.205. The SMILES string of the molecule is C=c1ccccc1=C(C)c1ccc(-c2nnc(-c3ccc(-n4c5ccccc5c5cc(-c6ccccc6)ccc54)cc3)o2)cc1. The van der Waals surface area contributed by atoms with Crippen LogP contribution in [-0.2, 0) is 0 Å². The van der Waals surface area contributed by atoms with Crippen molar-refractivity contribution in [3.63, 3.8) is 0 Å². The zero-order valence-electron chi connectivity index (χ0n) is 24.8. The molecule has 0 fully saturated rings. The standard InChI is InChI=1S/C41H29N3O/c1-27-10-6-7-13-35(27)28(2)29-16-18-31(19-17-29)40-42-43-41(45-40)32-20-23-34(24-21-32)44-38-15-9-8-14-36(38)37-26-33(22-25-39(37)44)30-11-4-3-5-12-30/h3-26H,1H2,2H3. The van der Waals surface area contributed by atoms with E-state index in [1.807, 2.05) is 42.5 Å². The molecular formula is C41H29N3O.